The molecular weight excluding hydrogens is 466 g/mol. The molecule has 8 nitrogen and oxygen atoms in total. The molecular formula is C26H37N3O5S. The highest BCUT2D eigenvalue weighted by Gasteiger charge is 2.32. The summed E-state index contributed by atoms with van der Waals surface area (Å²) in [7, 11) is -2.38. The summed E-state index contributed by atoms with van der Waals surface area (Å²) >= 11 is 0. The first-order valence-electron chi connectivity index (χ1n) is 11.7. The molecule has 0 saturated carbocycles. The van der Waals surface area contributed by atoms with Crippen LogP contribution in [0.1, 0.15) is 38.3 Å². The number of carbonyl (C=O) groups excluding carboxylic acids is 2. The number of hydrogen-bond donors (Lipinski definition) is 1. The third kappa shape index (κ3) is 7.99. The van der Waals surface area contributed by atoms with Crippen molar-refractivity contribution >= 4 is 27.5 Å². The number of rotatable bonds is 12. The molecule has 0 heterocycles. The van der Waals surface area contributed by atoms with Crippen molar-refractivity contribution in [3.05, 3.63) is 59.7 Å². The van der Waals surface area contributed by atoms with E-state index in [1.54, 1.807) is 18.2 Å². The average molecular weight is 504 g/mol. The first-order valence-corrected chi connectivity index (χ1v) is 13.6. The summed E-state index contributed by atoms with van der Waals surface area (Å²) in [5.41, 5.74) is 2.13. The van der Waals surface area contributed by atoms with E-state index in [2.05, 4.69) is 5.32 Å². The molecule has 0 bridgehead atoms. The maximum Gasteiger partial charge on any atom is 0.244 e. The van der Waals surface area contributed by atoms with Gasteiger partial charge in [0.25, 0.3) is 0 Å². The number of nitrogens with one attached hydrogen (secondary N) is 1. The summed E-state index contributed by atoms with van der Waals surface area (Å²) in [6.07, 6.45) is 1.98. The van der Waals surface area contributed by atoms with Gasteiger partial charge in [0.2, 0.25) is 21.8 Å². The van der Waals surface area contributed by atoms with E-state index in [4.69, 9.17) is 4.74 Å². The molecule has 0 unspecified atom stereocenters. The van der Waals surface area contributed by atoms with Crippen LogP contribution < -0.4 is 14.4 Å². The molecule has 0 aliphatic heterocycles. The van der Waals surface area contributed by atoms with Crippen LogP contribution in [0.2, 0.25) is 0 Å². The van der Waals surface area contributed by atoms with Gasteiger partial charge in [0.1, 0.15) is 18.3 Å². The molecule has 0 aliphatic carbocycles. The zero-order valence-electron chi connectivity index (χ0n) is 21.4. The number of amides is 2. The molecule has 9 heteroatoms. The zero-order valence-corrected chi connectivity index (χ0v) is 22.3. The SMILES string of the molecule is CC[C@@H](C(=O)NC(C)C)N(CCc1ccccc1)C(=O)CN(c1cc(C)ccc1OC)S(C)(=O)=O. The monoisotopic (exact) mass is 503 g/mol. The Labute approximate surface area is 209 Å². The lowest BCUT2D eigenvalue weighted by Gasteiger charge is -2.33. The summed E-state index contributed by atoms with van der Waals surface area (Å²) in [6.45, 7) is 7.21. The Bertz CT molecular complexity index is 1100. The van der Waals surface area contributed by atoms with Crippen molar-refractivity contribution < 1.29 is 22.7 Å². The number of carbonyl (C=O) groups is 2. The quantitative estimate of drug-likeness (QED) is 0.480. The Balaban J connectivity index is 2.43. The van der Waals surface area contributed by atoms with E-state index in [0.717, 1.165) is 21.7 Å². The maximum atomic E-state index is 13.7. The summed E-state index contributed by atoms with van der Waals surface area (Å²) < 4.78 is 32.0. The standard InChI is InChI=1S/C26H37N3O5S/c1-7-22(26(31)27-19(2)3)28(16-15-21-11-9-8-10-12-21)25(30)18-29(35(6,32)33)23-17-20(4)13-14-24(23)34-5/h8-14,17,19,22H,7,15-16,18H2,1-6H3,(H,27,31)/t22-/m0/s1. The van der Waals surface area contributed by atoms with Gasteiger partial charge >= 0.3 is 0 Å². The number of aryl methyl sites for hydroxylation is 1. The number of ether oxygens (including phenoxy) is 1. The molecule has 2 rings (SSSR count). The second kappa shape index (κ2) is 12.6. The van der Waals surface area contributed by atoms with Crippen LogP contribution in [0.3, 0.4) is 0 Å². The third-order valence-corrected chi connectivity index (χ3v) is 6.71. The largest absolute Gasteiger partial charge is 0.495 e. The Morgan fingerprint density at radius 1 is 1.09 bits per heavy atom. The van der Waals surface area contributed by atoms with Gasteiger partial charge < -0.3 is 15.0 Å². The highest BCUT2D eigenvalue weighted by molar-refractivity contribution is 7.92. The fourth-order valence-corrected chi connectivity index (χ4v) is 4.71. The number of anilines is 1. The molecule has 0 fully saturated rings. The molecule has 1 N–H and O–H groups in total. The van der Waals surface area contributed by atoms with Crippen molar-refractivity contribution in [3.63, 3.8) is 0 Å². The van der Waals surface area contributed by atoms with Crippen LogP contribution in [-0.4, -0.2) is 63.7 Å². The lowest BCUT2D eigenvalue weighted by molar-refractivity contribution is -0.139. The molecule has 0 saturated heterocycles. The van der Waals surface area contributed by atoms with Crippen molar-refractivity contribution in [1.29, 1.82) is 0 Å². The third-order valence-electron chi connectivity index (χ3n) is 5.58. The van der Waals surface area contributed by atoms with E-state index in [0.29, 0.717) is 18.6 Å². The Hall–Kier alpha value is -3.07. The highest BCUT2D eigenvalue weighted by atomic mass is 32.2. The molecule has 0 spiro atoms. The fourth-order valence-electron chi connectivity index (χ4n) is 3.87. The van der Waals surface area contributed by atoms with Gasteiger partial charge in [-0.25, -0.2) is 8.42 Å². The fraction of sp³-hybridized carbons (Fsp3) is 0.462. The van der Waals surface area contributed by atoms with Gasteiger partial charge in [0, 0.05) is 12.6 Å². The van der Waals surface area contributed by atoms with Crippen molar-refractivity contribution in [2.75, 3.05) is 30.8 Å². The summed E-state index contributed by atoms with van der Waals surface area (Å²) in [4.78, 5) is 28.1. The minimum absolute atomic E-state index is 0.0910. The van der Waals surface area contributed by atoms with Gasteiger partial charge in [-0.3, -0.25) is 13.9 Å². The number of sulfonamides is 1. The van der Waals surface area contributed by atoms with E-state index in [9.17, 15) is 18.0 Å². The molecule has 0 aliphatic rings. The predicted molar refractivity (Wildman–Crippen MR) is 139 cm³/mol. The van der Waals surface area contributed by atoms with Gasteiger partial charge in [-0.05, 0) is 56.9 Å². The lowest BCUT2D eigenvalue weighted by atomic mass is 10.1. The van der Waals surface area contributed by atoms with Crippen molar-refractivity contribution in [1.82, 2.24) is 10.2 Å². The summed E-state index contributed by atoms with van der Waals surface area (Å²) in [6, 6.07) is 14.0. The second-order valence-corrected chi connectivity index (χ2v) is 10.8. The van der Waals surface area contributed by atoms with Gasteiger partial charge in [0.05, 0.1) is 19.1 Å². The number of methoxy groups -OCH3 is 1. The number of benzene rings is 2. The molecule has 35 heavy (non-hydrogen) atoms. The molecule has 1 atom stereocenters. The molecule has 2 amide bonds. The van der Waals surface area contributed by atoms with Crippen LogP contribution in [-0.2, 0) is 26.0 Å². The molecule has 0 aromatic heterocycles. The molecule has 2 aromatic rings. The van der Waals surface area contributed by atoms with Gasteiger partial charge in [-0.15, -0.1) is 0 Å². The van der Waals surface area contributed by atoms with Crippen molar-refractivity contribution in [3.8, 4) is 5.75 Å². The molecule has 0 radical (unpaired) electrons. The normalized spacial score (nSPS) is 12.2. The Morgan fingerprint density at radius 2 is 1.74 bits per heavy atom. The minimum atomic E-state index is -3.83. The summed E-state index contributed by atoms with van der Waals surface area (Å²) in [5, 5.41) is 2.88. The van der Waals surface area contributed by atoms with Crippen LogP contribution in [0, 0.1) is 6.92 Å². The second-order valence-electron chi connectivity index (χ2n) is 8.86. The van der Waals surface area contributed by atoms with E-state index in [-0.39, 0.29) is 24.2 Å². The van der Waals surface area contributed by atoms with Crippen molar-refractivity contribution in [2.45, 2.75) is 52.6 Å². The number of nitrogens with zero attached hydrogens (tertiary/aromatic N) is 2. The predicted octanol–water partition coefficient (Wildman–Crippen LogP) is 3.14. The zero-order chi connectivity index (χ0) is 26.2. The first kappa shape index (κ1) is 28.2. The van der Waals surface area contributed by atoms with Gasteiger partial charge in [-0.1, -0.05) is 43.3 Å². The average Bonchev–Trinajstić information content (AvgIpc) is 2.79. The van der Waals surface area contributed by atoms with Gasteiger partial charge in [0.15, 0.2) is 0 Å². The van der Waals surface area contributed by atoms with E-state index >= 15 is 0 Å². The van der Waals surface area contributed by atoms with Crippen LogP contribution in [0.4, 0.5) is 5.69 Å². The number of hydrogen-bond acceptors (Lipinski definition) is 5. The minimum Gasteiger partial charge on any atom is -0.495 e. The van der Waals surface area contributed by atoms with Crippen LogP contribution >= 0.6 is 0 Å². The van der Waals surface area contributed by atoms with E-state index in [1.807, 2.05) is 58.0 Å². The molecule has 2 aromatic carbocycles. The van der Waals surface area contributed by atoms with Crippen LogP contribution in [0.25, 0.3) is 0 Å². The van der Waals surface area contributed by atoms with Gasteiger partial charge in [-0.2, -0.15) is 0 Å². The Kier molecular flexibility index (Phi) is 10.1. The van der Waals surface area contributed by atoms with E-state index < -0.39 is 28.5 Å². The maximum absolute atomic E-state index is 13.7. The van der Waals surface area contributed by atoms with E-state index in [1.165, 1.54) is 12.0 Å². The van der Waals surface area contributed by atoms with Crippen molar-refractivity contribution in [2.24, 2.45) is 0 Å². The summed E-state index contributed by atoms with van der Waals surface area (Å²) in [5.74, 6) is -0.377. The topological polar surface area (TPSA) is 96.0 Å². The highest BCUT2D eigenvalue weighted by Crippen LogP contribution is 2.31. The first-order chi connectivity index (χ1) is 16.5. The Morgan fingerprint density at radius 3 is 2.29 bits per heavy atom. The lowest BCUT2D eigenvalue weighted by Crippen LogP contribution is -2.54. The smallest absolute Gasteiger partial charge is 0.244 e. The molecule has 192 valence electrons. The van der Waals surface area contributed by atoms with Crippen LogP contribution in [0.15, 0.2) is 48.5 Å². The van der Waals surface area contributed by atoms with Crippen LogP contribution in [0.5, 0.6) is 5.75 Å².